The summed E-state index contributed by atoms with van der Waals surface area (Å²) in [5.74, 6) is -8.08. The third-order valence-electron chi connectivity index (χ3n) is 6.82. The van der Waals surface area contributed by atoms with Gasteiger partial charge in [0.2, 0.25) is 5.82 Å². The molecule has 3 aromatic rings. The minimum absolute atomic E-state index is 0.0887. The fraction of sp³-hybridized carbons (Fsp3) is 0.360. The lowest BCUT2D eigenvalue weighted by atomic mass is 9.75. The van der Waals surface area contributed by atoms with E-state index in [9.17, 15) is 22.4 Å². The van der Waals surface area contributed by atoms with Gasteiger partial charge < -0.3 is 15.2 Å². The molecule has 4 rings (SSSR count). The lowest BCUT2D eigenvalue weighted by Crippen LogP contribution is -2.47. The van der Waals surface area contributed by atoms with E-state index in [2.05, 4.69) is 4.98 Å². The Labute approximate surface area is 203 Å². The van der Waals surface area contributed by atoms with E-state index < -0.39 is 47.0 Å². The van der Waals surface area contributed by atoms with Crippen LogP contribution in [0.15, 0.2) is 42.6 Å². The number of aromatic nitrogens is 1. The summed E-state index contributed by atoms with van der Waals surface area (Å²) in [6, 6.07) is 9.05. The molecule has 0 aliphatic carbocycles. The topological polar surface area (TPSA) is 74.4 Å². The van der Waals surface area contributed by atoms with E-state index in [1.54, 1.807) is 25.1 Å². The van der Waals surface area contributed by atoms with Crippen molar-refractivity contribution in [2.24, 2.45) is 11.7 Å². The molecule has 4 atom stereocenters. The molecule has 10 heteroatoms. The first kappa shape index (κ1) is 25.1. The van der Waals surface area contributed by atoms with Gasteiger partial charge in [0.15, 0.2) is 11.6 Å². The van der Waals surface area contributed by atoms with Crippen LogP contribution < -0.4 is 10.5 Å². The number of benzene rings is 1. The molecule has 1 fully saturated rings. The molecule has 0 unspecified atom stereocenters. The highest BCUT2D eigenvalue weighted by atomic mass is 32.1. The number of carbonyl (C=O) groups is 1. The second-order valence-corrected chi connectivity index (χ2v) is 9.94. The summed E-state index contributed by atoms with van der Waals surface area (Å²) in [4.78, 5) is 16.8. The molecule has 1 saturated heterocycles. The predicted octanol–water partition coefficient (Wildman–Crippen LogP) is 6.10. The second-order valence-electron chi connectivity index (χ2n) is 8.83. The molecule has 1 aromatic carbocycles. The maximum atomic E-state index is 14.8. The number of hydrogen-bond acceptors (Lipinski definition) is 5. The van der Waals surface area contributed by atoms with E-state index >= 15 is 0 Å². The average Bonchev–Trinajstić information content (AvgIpc) is 3.39. The van der Waals surface area contributed by atoms with Gasteiger partial charge in [-0.25, -0.2) is 13.2 Å². The number of hydrogen-bond donors (Lipinski definition) is 1. The Hall–Kier alpha value is -2.98. The zero-order valence-electron chi connectivity index (χ0n) is 19.4. The number of primary amides is 1. The van der Waals surface area contributed by atoms with Crippen LogP contribution in [0, 0.1) is 17.6 Å². The van der Waals surface area contributed by atoms with Crippen molar-refractivity contribution in [1.82, 2.24) is 4.98 Å². The summed E-state index contributed by atoms with van der Waals surface area (Å²) in [5, 5.41) is 0. The van der Waals surface area contributed by atoms with Gasteiger partial charge in [-0.15, -0.1) is 11.3 Å². The van der Waals surface area contributed by atoms with E-state index in [0.29, 0.717) is 10.4 Å². The Kier molecular flexibility index (Phi) is 6.39. The van der Waals surface area contributed by atoms with E-state index in [1.165, 1.54) is 43.7 Å². The smallest absolute Gasteiger partial charge is 0.273 e. The summed E-state index contributed by atoms with van der Waals surface area (Å²) in [6.07, 6.45) is 0.558. The van der Waals surface area contributed by atoms with Crippen LogP contribution in [-0.2, 0) is 4.74 Å². The summed E-state index contributed by atoms with van der Waals surface area (Å²) in [7, 11) is 1.20. The molecule has 1 amide bonds. The van der Waals surface area contributed by atoms with Gasteiger partial charge >= 0.3 is 0 Å². The van der Waals surface area contributed by atoms with E-state index in [0.717, 1.165) is 17.9 Å². The Bertz CT molecular complexity index is 1280. The molecule has 2 N–H and O–H groups in total. The summed E-state index contributed by atoms with van der Waals surface area (Å²) >= 11 is 1.28. The van der Waals surface area contributed by atoms with Crippen molar-refractivity contribution in [1.29, 1.82) is 0 Å². The molecule has 3 heterocycles. The van der Waals surface area contributed by atoms with E-state index in [4.69, 9.17) is 15.2 Å². The molecule has 0 radical (unpaired) electrons. The number of carbonyl (C=O) groups excluding carboxylic acids is 1. The van der Waals surface area contributed by atoms with Gasteiger partial charge in [0.05, 0.1) is 7.11 Å². The van der Waals surface area contributed by atoms with Gasteiger partial charge in [-0.3, -0.25) is 9.78 Å². The lowest BCUT2D eigenvalue weighted by molar-refractivity contribution is -0.195. The van der Waals surface area contributed by atoms with Crippen LogP contribution in [0.3, 0.4) is 0 Å². The van der Waals surface area contributed by atoms with Crippen LogP contribution >= 0.6 is 11.3 Å². The van der Waals surface area contributed by atoms with Crippen molar-refractivity contribution in [2.45, 2.75) is 44.3 Å². The highest BCUT2D eigenvalue weighted by Crippen LogP contribution is 2.60. The lowest BCUT2D eigenvalue weighted by Gasteiger charge is -2.35. The number of ether oxygens (including phenoxy) is 2. The zero-order valence-corrected chi connectivity index (χ0v) is 20.3. The third kappa shape index (κ3) is 4.18. The number of halogens is 4. The number of amides is 1. The number of nitrogens with two attached hydrogens (primary N) is 1. The predicted molar refractivity (Wildman–Crippen MR) is 124 cm³/mol. The maximum Gasteiger partial charge on any atom is 0.273 e. The van der Waals surface area contributed by atoms with Crippen LogP contribution in [-0.4, -0.2) is 29.5 Å². The third-order valence-corrected chi connectivity index (χ3v) is 8.02. The molecule has 186 valence electrons. The molecule has 0 spiro atoms. The first-order valence-corrected chi connectivity index (χ1v) is 11.6. The highest BCUT2D eigenvalue weighted by Gasteiger charge is 2.61. The van der Waals surface area contributed by atoms with Crippen LogP contribution in [0.2, 0.25) is 0 Å². The molecule has 0 saturated carbocycles. The van der Waals surface area contributed by atoms with Crippen LogP contribution in [0.5, 0.6) is 5.75 Å². The van der Waals surface area contributed by atoms with Crippen molar-refractivity contribution in [3.05, 3.63) is 70.4 Å². The fourth-order valence-electron chi connectivity index (χ4n) is 4.62. The molecule has 1 aliphatic rings. The molecule has 2 aromatic heterocycles. The maximum absolute atomic E-state index is 14.8. The summed E-state index contributed by atoms with van der Waals surface area (Å²) in [6.45, 7) is 3.72. The summed E-state index contributed by atoms with van der Waals surface area (Å²) < 4.78 is 69.4. The van der Waals surface area contributed by atoms with Crippen molar-refractivity contribution < 1.29 is 31.8 Å². The summed E-state index contributed by atoms with van der Waals surface area (Å²) in [5.41, 5.74) is 4.43. The first-order valence-electron chi connectivity index (χ1n) is 10.8. The Morgan fingerprint density at radius 3 is 2.57 bits per heavy atom. The largest absolute Gasteiger partial charge is 0.493 e. The van der Waals surface area contributed by atoms with Gasteiger partial charge in [-0.05, 0) is 42.8 Å². The molecule has 35 heavy (non-hydrogen) atoms. The van der Waals surface area contributed by atoms with Crippen molar-refractivity contribution >= 4 is 17.2 Å². The Morgan fingerprint density at radius 1 is 1.23 bits per heavy atom. The van der Waals surface area contributed by atoms with E-state index in [-0.39, 0.29) is 17.0 Å². The Morgan fingerprint density at radius 2 is 1.94 bits per heavy atom. The van der Waals surface area contributed by atoms with Gasteiger partial charge in [-0.2, -0.15) is 4.39 Å². The van der Waals surface area contributed by atoms with Crippen molar-refractivity contribution in [2.75, 3.05) is 7.11 Å². The number of rotatable bonds is 6. The van der Waals surface area contributed by atoms with E-state index in [1.807, 2.05) is 0 Å². The second kappa shape index (κ2) is 8.91. The molecular weight excluding hydrogens is 484 g/mol. The van der Waals surface area contributed by atoms with Gasteiger partial charge in [0, 0.05) is 40.3 Å². The van der Waals surface area contributed by atoms with Gasteiger partial charge in [-0.1, -0.05) is 13.0 Å². The molecule has 5 nitrogen and oxygen atoms in total. The highest BCUT2D eigenvalue weighted by molar-refractivity contribution is 7.15. The number of methoxy groups -OCH3 is 1. The van der Waals surface area contributed by atoms with Crippen molar-refractivity contribution in [3.8, 4) is 16.2 Å². The Balaban J connectivity index is 1.83. The van der Waals surface area contributed by atoms with Crippen LogP contribution in [0.1, 0.15) is 53.7 Å². The van der Waals surface area contributed by atoms with Gasteiger partial charge in [0.25, 0.3) is 11.8 Å². The monoisotopic (exact) mass is 508 g/mol. The number of nitrogens with zero attached hydrogens (tertiary/aromatic N) is 1. The number of thiophene rings is 1. The normalized spacial score (nSPS) is 24.5. The van der Waals surface area contributed by atoms with Crippen LogP contribution in [0.25, 0.3) is 10.4 Å². The average molecular weight is 509 g/mol. The molecule has 0 bridgehead atoms. The van der Waals surface area contributed by atoms with Gasteiger partial charge in [0.1, 0.15) is 17.4 Å². The first-order chi connectivity index (χ1) is 16.4. The van der Waals surface area contributed by atoms with Crippen LogP contribution in [0.4, 0.5) is 17.6 Å². The SMILES string of the molecule is COc1c([C@@H]2[C@@H](c3ccc(-c4ccnc(C(N)=O)c4)s3)O[C@](C)(C(C)(F)F)[C@@H]2C)ccc(F)c1F. The minimum Gasteiger partial charge on any atom is -0.493 e. The number of alkyl halides is 2. The zero-order chi connectivity index (χ0) is 25.7. The number of pyridine rings is 1. The van der Waals surface area contributed by atoms with Crippen molar-refractivity contribution in [3.63, 3.8) is 0 Å². The standard InChI is InChI=1S/C25H24F4N2O3S/c1-12-19(14-5-6-15(26)20(27)21(14)33-4)22(34-24(12,2)25(3,28)29)18-8-7-17(35-18)13-9-10-31-16(11-13)23(30)32/h5-12,19,22H,1-4H3,(H2,30,32)/t12-,19-,22-,24+/m1/s1. The quantitative estimate of drug-likeness (QED) is 0.408. The molecular formula is C25H24F4N2O3S. The molecule has 1 aliphatic heterocycles. The fourth-order valence-corrected chi connectivity index (χ4v) is 5.70. The minimum atomic E-state index is -3.23.